The van der Waals surface area contributed by atoms with E-state index in [1.807, 2.05) is 6.92 Å². The van der Waals surface area contributed by atoms with Crippen LogP contribution in [-0.4, -0.2) is 9.97 Å². The van der Waals surface area contributed by atoms with E-state index < -0.39 is 0 Å². The molecule has 0 unspecified atom stereocenters. The normalized spacial score (nSPS) is 10.5. The molecule has 0 spiro atoms. The van der Waals surface area contributed by atoms with E-state index in [2.05, 4.69) is 16.9 Å². The lowest BCUT2D eigenvalue weighted by molar-refractivity contribution is 0.603. The van der Waals surface area contributed by atoms with Gasteiger partial charge in [0.15, 0.2) is 0 Å². The van der Waals surface area contributed by atoms with E-state index in [1.54, 1.807) is 12.4 Å². The number of nitrogens with zero attached hydrogens (tertiary/aromatic N) is 2. The van der Waals surface area contributed by atoms with Crippen LogP contribution in [-0.2, 0) is 6.42 Å². The van der Waals surface area contributed by atoms with E-state index in [4.69, 9.17) is 0 Å². The lowest BCUT2D eigenvalue weighted by Crippen LogP contribution is -1.96. The Labute approximate surface area is 93.2 Å². The molecule has 0 atom stereocenters. The fourth-order valence-electron chi connectivity index (χ4n) is 1.75. The van der Waals surface area contributed by atoms with Gasteiger partial charge in [-0.3, -0.25) is 9.97 Å². The van der Waals surface area contributed by atoms with Crippen molar-refractivity contribution in [2.24, 2.45) is 0 Å². The van der Waals surface area contributed by atoms with Crippen LogP contribution in [0.1, 0.15) is 56.8 Å². The molecule has 2 nitrogen and oxygen atoms in total. The summed E-state index contributed by atoms with van der Waals surface area (Å²) in [6.45, 7) is 4.29. The molecule has 0 saturated carbocycles. The molecule has 15 heavy (non-hydrogen) atoms. The van der Waals surface area contributed by atoms with Crippen LogP contribution in [0.5, 0.6) is 0 Å². The van der Waals surface area contributed by atoms with Gasteiger partial charge in [-0.15, -0.1) is 0 Å². The highest BCUT2D eigenvalue weighted by Crippen LogP contribution is 2.09. The molecule has 0 radical (unpaired) electrons. The fourth-order valence-corrected chi connectivity index (χ4v) is 1.75. The zero-order valence-corrected chi connectivity index (χ0v) is 10.00. The Balaban J connectivity index is 2.12. The van der Waals surface area contributed by atoms with Crippen LogP contribution in [0.15, 0.2) is 12.4 Å². The largest absolute Gasteiger partial charge is 0.258 e. The topological polar surface area (TPSA) is 25.8 Å². The first-order valence-electron chi connectivity index (χ1n) is 6.11. The highest BCUT2D eigenvalue weighted by atomic mass is 14.8. The molecule has 0 aliphatic carbocycles. The van der Waals surface area contributed by atoms with Gasteiger partial charge in [0, 0.05) is 12.4 Å². The van der Waals surface area contributed by atoms with Gasteiger partial charge >= 0.3 is 0 Å². The molecule has 0 aromatic carbocycles. The summed E-state index contributed by atoms with van der Waals surface area (Å²) in [6, 6.07) is 0. The predicted molar refractivity (Wildman–Crippen MR) is 63.8 cm³/mol. The minimum absolute atomic E-state index is 1.09. The second-order valence-electron chi connectivity index (χ2n) is 4.11. The number of hydrogen-bond acceptors (Lipinski definition) is 2. The molecule has 0 aliphatic heterocycles. The number of rotatable bonds is 7. The SMILES string of the molecule is CCCCCCCCc1nccnc1C. The summed E-state index contributed by atoms with van der Waals surface area (Å²) in [5.74, 6) is 0. The Morgan fingerprint density at radius 3 is 2.33 bits per heavy atom. The van der Waals surface area contributed by atoms with E-state index in [9.17, 15) is 0 Å². The highest BCUT2D eigenvalue weighted by molar-refractivity contribution is 5.07. The maximum absolute atomic E-state index is 4.35. The van der Waals surface area contributed by atoms with Crippen molar-refractivity contribution in [1.82, 2.24) is 9.97 Å². The summed E-state index contributed by atoms with van der Waals surface area (Å²) in [5, 5.41) is 0. The lowest BCUT2D eigenvalue weighted by atomic mass is 10.1. The van der Waals surface area contributed by atoms with Crippen molar-refractivity contribution in [3.05, 3.63) is 23.8 Å². The van der Waals surface area contributed by atoms with Gasteiger partial charge in [0.1, 0.15) is 0 Å². The molecule has 0 amide bonds. The minimum Gasteiger partial charge on any atom is -0.258 e. The lowest BCUT2D eigenvalue weighted by Gasteiger charge is -2.03. The van der Waals surface area contributed by atoms with E-state index in [0.717, 1.165) is 12.1 Å². The zero-order valence-electron chi connectivity index (χ0n) is 10.00. The van der Waals surface area contributed by atoms with Gasteiger partial charge in [-0.1, -0.05) is 39.0 Å². The van der Waals surface area contributed by atoms with E-state index in [1.165, 1.54) is 44.2 Å². The van der Waals surface area contributed by atoms with Crippen LogP contribution in [0.25, 0.3) is 0 Å². The molecule has 1 aromatic heterocycles. The fraction of sp³-hybridized carbons (Fsp3) is 0.692. The Hall–Kier alpha value is -0.920. The van der Waals surface area contributed by atoms with Gasteiger partial charge in [0.2, 0.25) is 0 Å². The first-order chi connectivity index (χ1) is 7.34. The van der Waals surface area contributed by atoms with E-state index in [-0.39, 0.29) is 0 Å². The third kappa shape index (κ3) is 4.91. The van der Waals surface area contributed by atoms with Gasteiger partial charge in [0.05, 0.1) is 11.4 Å². The second-order valence-corrected chi connectivity index (χ2v) is 4.11. The molecule has 1 aromatic rings. The smallest absolute Gasteiger partial charge is 0.0615 e. The third-order valence-corrected chi connectivity index (χ3v) is 2.75. The van der Waals surface area contributed by atoms with Crippen molar-refractivity contribution < 1.29 is 0 Å². The predicted octanol–water partition coefficient (Wildman–Crippen LogP) is 3.69. The third-order valence-electron chi connectivity index (χ3n) is 2.75. The standard InChI is InChI=1S/C13H22N2/c1-3-4-5-6-7-8-9-13-12(2)14-10-11-15-13/h10-11H,3-9H2,1-2H3. The van der Waals surface area contributed by atoms with Gasteiger partial charge in [-0.2, -0.15) is 0 Å². The highest BCUT2D eigenvalue weighted by Gasteiger charge is 1.99. The number of unbranched alkanes of at least 4 members (excludes halogenated alkanes) is 5. The average Bonchev–Trinajstić information content (AvgIpc) is 2.25. The molecular weight excluding hydrogens is 184 g/mol. The summed E-state index contributed by atoms with van der Waals surface area (Å²) < 4.78 is 0. The number of aromatic nitrogens is 2. The van der Waals surface area contributed by atoms with Crippen LogP contribution in [0.3, 0.4) is 0 Å². The molecule has 0 N–H and O–H groups in total. The molecule has 2 heteroatoms. The van der Waals surface area contributed by atoms with Crippen molar-refractivity contribution in [2.45, 2.75) is 58.8 Å². The van der Waals surface area contributed by atoms with Crippen molar-refractivity contribution in [2.75, 3.05) is 0 Å². The monoisotopic (exact) mass is 206 g/mol. The Bertz CT molecular complexity index is 271. The molecule has 1 heterocycles. The number of aryl methyl sites for hydroxylation is 2. The van der Waals surface area contributed by atoms with Crippen LogP contribution in [0.4, 0.5) is 0 Å². The first-order valence-corrected chi connectivity index (χ1v) is 6.11. The summed E-state index contributed by atoms with van der Waals surface area (Å²) in [4.78, 5) is 8.59. The second kappa shape index (κ2) is 7.38. The van der Waals surface area contributed by atoms with Crippen molar-refractivity contribution in [3.8, 4) is 0 Å². The van der Waals surface area contributed by atoms with Crippen molar-refractivity contribution in [1.29, 1.82) is 0 Å². The summed E-state index contributed by atoms with van der Waals surface area (Å²) >= 11 is 0. The van der Waals surface area contributed by atoms with E-state index >= 15 is 0 Å². The Morgan fingerprint density at radius 1 is 0.933 bits per heavy atom. The Kier molecular flexibility index (Phi) is 5.98. The molecule has 0 saturated heterocycles. The molecule has 1 rings (SSSR count). The molecular formula is C13H22N2. The summed E-state index contributed by atoms with van der Waals surface area (Å²) in [7, 11) is 0. The summed E-state index contributed by atoms with van der Waals surface area (Å²) in [6.07, 6.45) is 12.7. The molecule has 0 aliphatic rings. The van der Waals surface area contributed by atoms with Gasteiger partial charge in [-0.05, 0) is 19.8 Å². The van der Waals surface area contributed by atoms with Gasteiger partial charge in [0.25, 0.3) is 0 Å². The van der Waals surface area contributed by atoms with Gasteiger partial charge < -0.3 is 0 Å². The Morgan fingerprint density at radius 2 is 1.60 bits per heavy atom. The molecule has 0 fully saturated rings. The quantitative estimate of drug-likeness (QED) is 0.636. The van der Waals surface area contributed by atoms with Crippen LogP contribution >= 0.6 is 0 Å². The average molecular weight is 206 g/mol. The maximum atomic E-state index is 4.35. The first kappa shape index (κ1) is 12.2. The summed E-state index contributed by atoms with van der Waals surface area (Å²) in [5.41, 5.74) is 2.26. The van der Waals surface area contributed by atoms with Crippen LogP contribution < -0.4 is 0 Å². The van der Waals surface area contributed by atoms with Crippen LogP contribution in [0.2, 0.25) is 0 Å². The van der Waals surface area contributed by atoms with Gasteiger partial charge in [-0.25, -0.2) is 0 Å². The molecule has 84 valence electrons. The number of hydrogen-bond donors (Lipinski definition) is 0. The zero-order chi connectivity index (χ0) is 10.9. The van der Waals surface area contributed by atoms with E-state index in [0.29, 0.717) is 0 Å². The maximum Gasteiger partial charge on any atom is 0.0615 e. The minimum atomic E-state index is 1.09. The molecule has 0 bridgehead atoms. The van der Waals surface area contributed by atoms with Crippen LogP contribution in [0, 0.1) is 6.92 Å². The van der Waals surface area contributed by atoms with Crippen molar-refractivity contribution >= 4 is 0 Å². The van der Waals surface area contributed by atoms with Crippen molar-refractivity contribution in [3.63, 3.8) is 0 Å².